The van der Waals surface area contributed by atoms with Crippen LogP contribution in [0.4, 0.5) is 4.39 Å². The van der Waals surface area contributed by atoms with Gasteiger partial charge in [-0.2, -0.15) is 5.10 Å². The van der Waals surface area contributed by atoms with Crippen molar-refractivity contribution in [1.82, 2.24) is 19.2 Å². The van der Waals surface area contributed by atoms with Gasteiger partial charge >= 0.3 is 5.69 Å². The van der Waals surface area contributed by atoms with Crippen molar-refractivity contribution >= 4 is 0 Å². The Bertz CT molecular complexity index is 986. The molecule has 1 aliphatic rings. The van der Waals surface area contributed by atoms with Crippen molar-refractivity contribution in [3.05, 3.63) is 87.9 Å². The fourth-order valence-electron chi connectivity index (χ4n) is 4.11. The molecule has 0 aliphatic carbocycles. The number of piperidine rings is 1. The number of aromatic nitrogens is 3. The molecule has 0 N–H and O–H groups in total. The molecule has 1 aliphatic heterocycles. The largest absolute Gasteiger partial charge is 0.346 e. The van der Waals surface area contributed by atoms with Gasteiger partial charge in [0.2, 0.25) is 0 Å². The summed E-state index contributed by atoms with van der Waals surface area (Å²) in [6, 6.07) is 16.7. The maximum atomic E-state index is 13.1. The van der Waals surface area contributed by atoms with Crippen LogP contribution in [-0.4, -0.2) is 32.3 Å². The first kappa shape index (κ1) is 19.6. The highest BCUT2D eigenvalue weighted by atomic mass is 19.1. The van der Waals surface area contributed by atoms with E-state index in [0.29, 0.717) is 19.0 Å². The number of likely N-dealkylation sites (tertiary alicyclic amines) is 1. The molecular formula is C23H27FN4O. The van der Waals surface area contributed by atoms with Crippen LogP contribution in [0.15, 0.2) is 59.4 Å². The van der Waals surface area contributed by atoms with Gasteiger partial charge in [-0.25, -0.2) is 13.9 Å². The van der Waals surface area contributed by atoms with Crippen LogP contribution < -0.4 is 5.69 Å². The molecule has 2 aromatic carbocycles. The Kier molecular flexibility index (Phi) is 5.90. The third kappa shape index (κ3) is 4.48. The van der Waals surface area contributed by atoms with Gasteiger partial charge in [0.05, 0.1) is 6.54 Å². The summed E-state index contributed by atoms with van der Waals surface area (Å²) >= 11 is 0. The number of halogens is 1. The SMILES string of the molecule is CCn1c(C2CCN(Cc3ccc(F)cc3)CC2)nn(Cc2ccccc2)c1=O. The molecule has 29 heavy (non-hydrogen) atoms. The van der Waals surface area contributed by atoms with Crippen molar-refractivity contribution in [1.29, 1.82) is 0 Å². The lowest BCUT2D eigenvalue weighted by Crippen LogP contribution is -2.33. The quantitative estimate of drug-likeness (QED) is 0.641. The molecule has 1 fully saturated rings. The van der Waals surface area contributed by atoms with E-state index < -0.39 is 0 Å². The monoisotopic (exact) mass is 394 g/mol. The Morgan fingerprint density at radius 2 is 1.62 bits per heavy atom. The van der Waals surface area contributed by atoms with Gasteiger partial charge in [0.25, 0.3) is 0 Å². The highest BCUT2D eigenvalue weighted by Crippen LogP contribution is 2.27. The molecule has 1 aromatic heterocycles. The summed E-state index contributed by atoms with van der Waals surface area (Å²) in [5, 5.41) is 4.73. The van der Waals surface area contributed by atoms with Crippen LogP contribution >= 0.6 is 0 Å². The summed E-state index contributed by atoms with van der Waals surface area (Å²) in [7, 11) is 0. The van der Waals surface area contributed by atoms with Crippen LogP contribution in [0, 0.1) is 5.82 Å². The molecule has 0 bridgehead atoms. The van der Waals surface area contributed by atoms with Crippen LogP contribution in [0.25, 0.3) is 0 Å². The van der Waals surface area contributed by atoms with Crippen molar-refractivity contribution in [3.63, 3.8) is 0 Å². The van der Waals surface area contributed by atoms with Crippen LogP contribution in [0.3, 0.4) is 0 Å². The van der Waals surface area contributed by atoms with Gasteiger partial charge in [-0.1, -0.05) is 42.5 Å². The molecule has 0 atom stereocenters. The van der Waals surface area contributed by atoms with E-state index in [-0.39, 0.29) is 11.5 Å². The van der Waals surface area contributed by atoms with E-state index in [1.165, 1.54) is 12.1 Å². The molecule has 2 heterocycles. The third-order valence-corrected chi connectivity index (χ3v) is 5.71. The first-order valence-corrected chi connectivity index (χ1v) is 10.3. The normalized spacial score (nSPS) is 15.7. The number of hydrogen-bond acceptors (Lipinski definition) is 3. The minimum Gasteiger partial charge on any atom is -0.299 e. The zero-order valence-electron chi connectivity index (χ0n) is 16.8. The van der Waals surface area contributed by atoms with Crippen LogP contribution in [-0.2, 0) is 19.6 Å². The lowest BCUT2D eigenvalue weighted by molar-refractivity contribution is 0.200. The average molecular weight is 394 g/mol. The standard InChI is InChI=1S/C23H27FN4O/c1-2-27-22(25-28(23(27)29)17-18-6-4-3-5-7-18)20-12-14-26(15-13-20)16-19-8-10-21(24)11-9-19/h3-11,20H,2,12-17H2,1H3. The second kappa shape index (κ2) is 8.74. The Morgan fingerprint density at radius 3 is 2.28 bits per heavy atom. The molecule has 5 nitrogen and oxygen atoms in total. The molecule has 4 rings (SSSR count). The van der Waals surface area contributed by atoms with Crippen LogP contribution in [0.1, 0.15) is 42.6 Å². The van der Waals surface area contributed by atoms with Crippen LogP contribution in [0.5, 0.6) is 0 Å². The molecule has 6 heteroatoms. The maximum Gasteiger partial charge on any atom is 0.346 e. The van der Waals surface area contributed by atoms with E-state index in [9.17, 15) is 9.18 Å². The number of nitrogens with zero attached hydrogens (tertiary/aromatic N) is 4. The maximum absolute atomic E-state index is 13.1. The summed E-state index contributed by atoms with van der Waals surface area (Å²) < 4.78 is 16.5. The van der Waals surface area contributed by atoms with Gasteiger partial charge in [0, 0.05) is 19.0 Å². The fourth-order valence-corrected chi connectivity index (χ4v) is 4.11. The van der Waals surface area contributed by atoms with Gasteiger partial charge in [0.1, 0.15) is 11.6 Å². The second-order valence-corrected chi connectivity index (χ2v) is 7.71. The molecule has 0 radical (unpaired) electrons. The molecule has 0 spiro atoms. The van der Waals surface area contributed by atoms with Crippen LogP contribution in [0.2, 0.25) is 0 Å². The minimum atomic E-state index is -0.198. The highest BCUT2D eigenvalue weighted by molar-refractivity contribution is 5.16. The Morgan fingerprint density at radius 1 is 0.966 bits per heavy atom. The molecule has 3 aromatic rings. The zero-order chi connectivity index (χ0) is 20.2. The summed E-state index contributed by atoms with van der Waals surface area (Å²) in [4.78, 5) is 15.2. The molecule has 1 saturated heterocycles. The average Bonchev–Trinajstić information content (AvgIpc) is 3.06. The Labute approximate surface area is 170 Å². The van der Waals surface area contributed by atoms with Gasteiger partial charge in [0.15, 0.2) is 0 Å². The van der Waals surface area contributed by atoms with Crippen molar-refractivity contribution in [2.24, 2.45) is 0 Å². The van der Waals surface area contributed by atoms with Gasteiger partial charge in [-0.15, -0.1) is 0 Å². The molecule has 152 valence electrons. The predicted molar refractivity (Wildman–Crippen MR) is 111 cm³/mol. The molecule has 0 amide bonds. The molecule has 0 unspecified atom stereocenters. The van der Waals surface area contributed by atoms with E-state index in [1.54, 1.807) is 4.68 Å². The van der Waals surface area contributed by atoms with E-state index in [4.69, 9.17) is 5.10 Å². The lowest BCUT2D eigenvalue weighted by atomic mass is 9.95. The lowest BCUT2D eigenvalue weighted by Gasteiger charge is -2.31. The van der Waals surface area contributed by atoms with E-state index in [0.717, 1.165) is 49.4 Å². The summed E-state index contributed by atoms with van der Waals surface area (Å²) in [6.07, 6.45) is 1.95. The van der Waals surface area contributed by atoms with Crippen molar-refractivity contribution in [3.8, 4) is 0 Å². The van der Waals surface area contributed by atoms with Crippen molar-refractivity contribution in [2.45, 2.75) is 45.3 Å². The molecule has 0 saturated carbocycles. The Balaban J connectivity index is 1.44. The van der Waals surface area contributed by atoms with Crippen molar-refractivity contribution < 1.29 is 4.39 Å². The number of hydrogen-bond donors (Lipinski definition) is 0. The van der Waals surface area contributed by atoms with Crippen molar-refractivity contribution in [2.75, 3.05) is 13.1 Å². The van der Waals surface area contributed by atoms with Gasteiger partial charge in [-0.3, -0.25) is 9.47 Å². The van der Waals surface area contributed by atoms with E-state index in [1.807, 2.05) is 54.0 Å². The fraction of sp³-hybridized carbons (Fsp3) is 0.391. The number of rotatable bonds is 6. The van der Waals surface area contributed by atoms with E-state index in [2.05, 4.69) is 4.90 Å². The zero-order valence-corrected chi connectivity index (χ0v) is 16.8. The summed E-state index contributed by atoms with van der Waals surface area (Å²) in [6.45, 7) is 5.87. The molecular weight excluding hydrogens is 367 g/mol. The second-order valence-electron chi connectivity index (χ2n) is 7.71. The topological polar surface area (TPSA) is 43.1 Å². The first-order chi connectivity index (χ1) is 14.1. The van der Waals surface area contributed by atoms with E-state index >= 15 is 0 Å². The third-order valence-electron chi connectivity index (χ3n) is 5.71. The smallest absolute Gasteiger partial charge is 0.299 e. The first-order valence-electron chi connectivity index (χ1n) is 10.3. The van der Waals surface area contributed by atoms with Gasteiger partial charge in [-0.05, 0) is 56.1 Å². The summed E-state index contributed by atoms with van der Waals surface area (Å²) in [5.74, 6) is 1.01. The van der Waals surface area contributed by atoms with Gasteiger partial charge < -0.3 is 0 Å². The highest BCUT2D eigenvalue weighted by Gasteiger charge is 2.26. The minimum absolute atomic E-state index is 0.0277. The summed E-state index contributed by atoms with van der Waals surface area (Å²) in [5.41, 5.74) is 2.18. The Hall–Kier alpha value is -2.73. The number of benzene rings is 2. The predicted octanol–water partition coefficient (Wildman–Crippen LogP) is 3.63.